The first-order chi connectivity index (χ1) is 12.9. The quantitative estimate of drug-likeness (QED) is 0.293. The second-order valence-electron chi connectivity index (χ2n) is 7.19. The fourth-order valence-corrected chi connectivity index (χ4v) is 3.72. The number of ether oxygens (including phenoxy) is 1. The van der Waals surface area contributed by atoms with Crippen LogP contribution in [0.25, 0.3) is 0 Å². The van der Waals surface area contributed by atoms with Gasteiger partial charge >= 0.3 is 0 Å². The highest BCUT2D eigenvalue weighted by molar-refractivity contribution is 14.0. The molecule has 1 saturated carbocycles. The number of hydrogen-bond donors (Lipinski definition) is 2. The molecule has 7 nitrogen and oxygen atoms in total. The molecule has 0 radical (unpaired) electrons. The number of pyridine rings is 1. The minimum Gasteiger partial charge on any atom is -0.474 e. The summed E-state index contributed by atoms with van der Waals surface area (Å²) in [4.78, 5) is 8.95. The van der Waals surface area contributed by atoms with Crippen molar-refractivity contribution in [3.8, 4) is 5.88 Å². The largest absolute Gasteiger partial charge is 0.474 e. The molecule has 1 heterocycles. The predicted molar refractivity (Wildman–Crippen MR) is 124 cm³/mol. The smallest absolute Gasteiger partial charge is 0.213 e. The molecule has 0 aromatic carbocycles. The van der Waals surface area contributed by atoms with Gasteiger partial charge in [-0.15, -0.1) is 24.0 Å². The van der Waals surface area contributed by atoms with Gasteiger partial charge in [-0.1, -0.05) is 6.07 Å². The van der Waals surface area contributed by atoms with Crippen molar-refractivity contribution in [1.29, 1.82) is 0 Å². The highest BCUT2D eigenvalue weighted by Crippen LogP contribution is 2.22. The first kappa shape index (κ1) is 24.9. The number of aliphatic imine (C=N–C) groups is 1. The molecule has 0 saturated heterocycles. The number of hydrogen-bond acceptors (Lipinski definition) is 5. The molecule has 0 aliphatic heterocycles. The summed E-state index contributed by atoms with van der Waals surface area (Å²) in [6, 6.07) is 3.90. The zero-order valence-corrected chi connectivity index (χ0v) is 20.1. The Hall–Kier alpha value is -1.10. The Morgan fingerprint density at radius 1 is 1.36 bits per heavy atom. The molecular formula is C19H33IN4O3S. The Kier molecular flexibility index (Phi) is 11.1. The van der Waals surface area contributed by atoms with Crippen LogP contribution in [-0.2, 0) is 16.4 Å². The second-order valence-corrected chi connectivity index (χ2v) is 9.45. The minimum absolute atomic E-state index is 0. The molecule has 0 spiro atoms. The number of guanidine groups is 1. The summed E-state index contributed by atoms with van der Waals surface area (Å²) in [5.74, 6) is 1.51. The van der Waals surface area contributed by atoms with Crippen molar-refractivity contribution in [3.05, 3.63) is 23.9 Å². The maximum Gasteiger partial charge on any atom is 0.213 e. The van der Waals surface area contributed by atoms with Crippen molar-refractivity contribution in [2.75, 3.05) is 18.6 Å². The average Bonchev–Trinajstić information content (AvgIpc) is 3.12. The zero-order chi connectivity index (χ0) is 19.7. The third-order valence-corrected chi connectivity index (χ3v) is 5.43. The van der Waals surface area contributed by atoms with Gasteiger partial charge < -0.3 is 15.4 Å². The Balaban J connectivity index is 0.00000392. The van der Waals surface area contributed by atoms with E-state index >= 15 is 0 Å². The molecule has 0 amide bonds. The van der Waals surface area contributed by atoms with E-state index in [2.05, 4.69) is 20.6 Å². The minimum atomic E-state index is -2.96. The van der Waals surface area contributed by atoms with Gasteiger partial charge in [-0.2, -0.15) is 0 Å². The van der Waals surface area contributed by atoms with Crippen LogP contribution in [0.15, 0.2) is 23.3 Å². The highest BCUT2D eigenvalue weighted by Gasteiger charge is 2.16. The molecule has 1 aliphatic rings. The molecule has 9 heteroatoms. The van der Waals surface area contributed by atoms with Gasteiger partial charge in [0, 0.05) is 31.1 Å². The van der Waals surface area contributed by atoms with Crippen LogP contribution < -0.4 is 15.4 Å². The Bertz CT molecular complexity index is 704. The zero-order valence-electron chi connectivity index (χ0n) is 17.0. The van der Waals surface area contributed by atoms with Gasteiger partial charge in [-0.25, -0.2) is 18.4 Å². The lowest BCUT2D eigenvalue weighted by molar-refractivity contribution is 0.201. The Morgan fingerprint density at radius 3 is 2.64 bits per heavy atom. The summed E-state index contributed by atoms with van der Waals surface area (Å²) < 4.78 is 28.5. The molecule has 28 heavy (non-hydrogen) atoms. The number of halogens is 1. The van der Waals surface area contributed by atoms with Crippen molar-refractivity contribution in [2.45, 2.75) is 64.6 Å². The summed E-state index contributed by atoms with van der Waals surface area (Å²) in [5.41, 5.74) is 0.995. The first-order valence-electron chi connectivity index (χ1n) is 9.70. The van der Waals surface area contributed by atoms with Crippen LogP contribution in [-0.4, -0.2) is 50.1 Å². The van der Waals surface area contributed by atoms with Gasteiger partial charge in [0.1, 0.15) is 15.9 Å². The molecule has 2 N–H and O–H groups in total. The second kappa shape index (κ2) is 12.5. The van der Waals surface area contributed by atoms with Crippen LogP contribution in [0.3, 0.4) is 0 Å². The van der Waals surface area contributed by atoms with Crippen LogP contribution >= 0.6 is 24.0 Å². The monoisotopic (exact) mass is 524 g/mol. The van der Waals surface area contributed by atoms with E-state index in [-0.39, 0.29) is 35.8 Å². The van der Waals surface area contributed by atoms with Gasteiger partial charge in [-0.3, -0.25) is 0 Å². The molecule has 1 atom stereocenters. The maximum absolute atomic E-state index is 11.3. The van der Waals surface area contributed by atoms with E-state index in [1.54, 1.807) is 6.20 Å². The molecule has 1 aromatic rings. The van der Waals surface area contributed by atoms with Crippen LogP contribution in [0.2, 0.25) is 0 Å². The van der Waals surface area contributed by atoms with E-state index in [4.69, 9.17) is 4.74 Å². The third-order valence-electron chi connectivity index (χ3n) is 4.46. The molecule has 2 rings (SSSR count). The molecular weight excluding hydrogens is 491 g/mol. The van der Waals surface area contributed by atoms with E-state index in [9.17, 15) is 8.42 Å². The maximum atomic E-state index is 11.3. The van der Waals surface area contributed by atoms with E-state index in [0.29, 0.717) is 30.9 Å². The van der Waals surface area contributed by atoms with Crippen molar-refractivity contribution < 1.29 is 13.2 Å². The van der Waals surface area contributed by atoms with Crippen LogP contribution in [0.4, 0.5) is 0 Å². The molecule has 1 unspecified atom stereocenters. The van der Waals surface area contributed by atoms with Crippen molar-refractivity contribution in [1.82, 2.24) is 15.6 Å². The van der Waals surface area contributed by atoms with E-state index < -0.39 is 9.84 Å². The molecule has 1 aromatic heterocycles. The van der Waals surface area contributed by atoms with Crippen molar-refractivity contribution in [2.24, 2.45) is 4.99 Å². The van der Waals surface area contributed by atoms with E-state index in [1.807, 2.05) is 26.0 Å². The van der Waals surface area contributed by atoms with Gasteiger partial charge in [-0.05, 0) is 51.5 Å². The summed E-state index contributed by atoms with van der Waals surface area (Å²) in [6.07, 6.45) is 8.60. The number of aromatic nitrogens is 1. The van der Waals surface area contributed by atoms with Crippen LogP contribution in [0.5, 0.6) is 5.88 Å². The number of sulfone groups is 1. The number of nitrogens with one attached hydrogen (secondary N) is 2. The van der Waals surface area contributed by atoms with E-state index in [1.165, 1.54) is 19.1 Å². The van der Waals surface area contributed by atoms with Gasteiger partial charge in [0.15, 0.2) is 5.96 Å². The lowest BCUT2D eigenvalue weighted by atomic mass is 10.2. The molecule has 1 aliphatic carbocycles. The normalized spacial score (nSPS) is 16.3. The topological polar surface area (TPSA) is 92.7 Å². The van der Waals surface area contributed by atoms with Crippen molar-refractivity contribution >= 4 is 39.8 Å². The van der Waals surface area contributed by atoms with Gasteiger partial charge in [0.25, 0.3) is 0 Å². The molecule has 0 bridgehead atoms. The third kappa shape index (κ3) is 9.90. The Labute approximate surface area is 186 Å². The standard InChI is InChI=1S/C19H32N4O3S.HI/c1-4-20-19(23-15(2)11-12-27(3,24)25)22-14-16-9-10-18(21-13-16)26-17-7-5-6-8-17;/h9-10,13,15,17H,4-8,11-12,14H2,1-3H3,(H2,20,22,23);1H. The summed E-state index contributed by atoms with van der Waals surface area (Å²) in [5, 5.41) is 6.43. The summed E-state index contributed by atoms with van der Waals surface area (Å²) in [6.45, 7) is 5.17. The lowest BCUT2D eigenvalue weighted by Crippen LogP contribution is -2.42. The average molecular weight is 524 g/mol. The first-order valence-corrected chi connectivity index (χ1v) is 11.8. The summed E-state index contributed by atoms with van der Waals surface area (Å²) >= 11 is 0. The predicted octanol–water partition coefficient (Wildman–Crippen LogP) is 2.90. The SMILES string of the molecule is CCNC(=NCc1ccc(OC2CCCC2)nc1)NC(C)CCS(C)(=O)=O.I. The van der Waals surface area contributed by atoms with Gasteiger partial charge in [0.2, 0.25) is 5.88 Å². The fraction of sp³-hybridized carbons (Fsp3) is 0.684. The number of rotatable bonds is 9. The Morgan fingerprint density at radius 2 is 2.07 bits per heavy atom. The number of nitrogens with zero attached hydrogens (tertiary/aromatic N) is 2. The highest BCUT2D eigenvalue weighted by atomic mass is 127. The van der Waals surface area contributed by atoms with Crippen LogP contribution in [0, 0.1) is 0 Å². The van der Waals surface area contributed by atoms with Crippen molar-refractivity contribution in [3.63, 3.8) is 0 Å². The molecule has 1 fully saturated rings. The molecule has 160 valence electrons. The van der Waals surface area contributed by atoms with E-state index in [0.717, 1.165) is 24.9 Å². The lowest BCUT2D eigenvalue weighted by Gasteiger charge is -2.17. The fourth-order valence-electron chi connectivity index (χ4n) is 2.94. The summed E-state index contributed by atoms with van der Waals surface area (Å²) in [7, 11) is -2.96. The van der Waals surface area contributed by atoms with Crippen LogP contribution in [0.1, 0.15) is 51.5 Å². The van der Waals surface area contributed by atoms with Gasteiger partial charge in [0.05, 0.1) is 12.3 Å².